The van der Waals surface area contributed by atoms with Crippen LogP contribution in [0.3, 0.4) is 0 Å². The van der Waals surface area contributed by atoms with Crippen LogP contribution in [0.2, 0.25) is 5.02 Å². The number of pyridine rings is 1. The molecule has 0 amide bonds. The number of hydrogen-bond acceptors (Lipinski definition) is 3. The Hall–Kier alpha value is -1.16. The van der Waals surface area contributed by atoms with Crippen LogP contribution in [0.15, 0.2) is 30.5 Å². The van der Waals surface area contributed by atoms with E-state index in [0.29, 0.717) is 31.1 Å². The Kier molecular flexibility index (Phi) is 2.98. The number of hydrogen-bond donors (Lipinski definition) is 1. The lowest BCUT2D eigenvalue weighted by Crippen LogP contribution is -2.33. The molecular formula is C14H14ClNO2. The van der Waals surface area contributed by atoms with Gasteiger partial charge in [-0.3, -0.25) is 4.98 Å². The second-order valence-electron chi connectivity index (χ2n) is 4.67. The van der Waals surface area contributed by atoms with Gasteiger partial charge in [-0.25, -0.2) is 0 Å². The molecule has 2 aromatic rings. The lowest BCUT2D eigenvalue weighted by molar-refractivity contribution is -0.0678. The summed E-state index contributed by atoms with van der Waals surface area (Å²) in [5.74, 6) is 0. The molecule has 94 valence electrons. The average Bonchev–Trinajstić information content (AvgIpc) is 2.40. The number of benzene rings is 1. The van der Waals surface area contributed by atoms with Crippen molar-refractivity contribution in [3.8, 4) is 0 Å². The van der Waals surface area contributed by atoms with E-state index in [2.05, 4.69) is 4.98 Å². The molecular weight excluding hydrogens is 250 g/mol. The molecule has 18 heavy (non-hydrogen) atoms. The summed E-state index contributed by atoms with van der Waals surface area (Å²) < 4.78 is 5.30. The van der Waals surface area contributed by atoms with Crippen molar-refractivity contribution in [2.75, 3.05) is 13.2 Å². The van der Waals surface area contributed by atoms with E-state index in [-0.39, 0.29) is 0 Å². The summed E-state index contributed by atoms with van der Waals surface area (Å²) in [6.07, 6.45) is 2.93. The highest BCUT2D eigenvalue weighted by Crippen LogP contribution is 2.34. The van der Waals surface area contributed by atoms with Gasteiger partial charge in [-0.15, -0.1) is 0 Å². The molecule has 0 unspecified atom stereocenters. The van der Waals surface area contributed by atoms with Gasteiger partial charge >= 0.3 is 0 Å². The molecule has 0 saturated carbocycles. The molecule has 1 saturated heterocycles. The Morgan fingerprint density at radius 3 is 2.78 bits per heavy atom. The first kappa shape index (κ1) is 11.9. The van der Waals surface area contributed by atoms with Crippen LogP contribution in [0.1, 0.15) is 18.4 Å². The molecule has 1 aliphatic heterocycles. The quantitative estimate of drug-likeness (QED) is 0.860. The zero-order valence-electron chi connectivity index (χ0n) is 9.90. The fourth-order valence-corrected chi connectivity index (χ4v) is 2.61. The summed E-state index contributed by atoms with van der Waals surface area (Å²) >= 11 is 6.17. The summed E-state index contributed by atoms with van der Waals surface area (Å²) in [7, 11) is 0. The van der Waals surface area contributed by atoms with Gasteiger partial charge in [-0.1, -0.05) is 17.7 Å². The van der Waals surface area contributed by atoms with Gasteiger partial charge in [0.05, 0.1) is 16.1 Å². The maximum Gasteiger partial charge on any atom is 0.0940 e. The minimum Gasteiger partial charge on any atom is -0.385 e. The van der Waals surface area contributed by atoms with E-state index in [1.165, 1.54) is 0 Å². The maximum absolute atomic E-state index is 10.6. The Labute approximate surface area is 110 Å². The van der Waals surface area contributed by atoms with Gasteiger partial charge in [0, 0.05) is 37.6 Å². The highest BCUT2D eigenvalue weighted by atomic mass is 35.5. The molecule has 1 fully saturated rings. The monoisotopic (exact) mass is 263 g/mol. The third-order valence-electron chi connectivity index (χ3n) is 3.55. The van der Waals surface area contributed by atoms with Crippen LogP contribution in [-0.4, -0.2) is 23.3 Å². The topological polar surface area (TPSA) is 42.4 Å². The molecule has 2 heterocycles. The van der Waals surface area contributed by atoms with Crippen molar-refractivity contribution in [1.29, 1.82) is 0 Å². The Bertz CT molecular complexity index is 579. The van der Waals surface area contributed by atoms with Crippen molar-refractivity contribution in [3.63, 3.8) is 0 Å². The summed E-state index contributed by atoms with van der Waals surface area (Å²) in [6, 6.07) is 7.54. The van der Waals surface area contributed by atoms with Crippen LogP contribution in [-0.2, 0) is 10.3 Å². The van der Waals surface area contributed by atoms with E-state index in [9.17, 15) is 5.11 Å². The molecule has 3 nitrogen and oxygen atoms in total. The number of fused-ring (bicyclic) bond motifs is 1. The standard InChI is InChI=1S/C14H14ClNO2/c15-12-3-6-16-13-2-1-10(9-11(12)13)14(17)4-7-18-8-5-14/h1-3,6,9,17H,4-5,7-8H2. The average molecular weight is 264 g/mol. The first-order chi connectivity index (χ1) is 8.69. The number of halogens is 1. The van der Waals surface area contributed by atoms with Gasteiger partial charge in [0.1, 0.15) is 0 Å². The summed E-state index contributed by atoms with van der Waals surface area (Å²) in [5.41, 5.74) is 0.945. The Morgan fingerprint density at radius 2 is 2.00 bits per heavy atom. The van der Waals surface area contributed by atoms with Gasteiger partial charge < -0.3 is 9.84 Å². The third kappa shape index (κ3) is 1.99. The number of rotatable bonds is 1. The second-order valence-corrected chi connectivity index (χ2v) is 5.08. The predicted octanol–water partition coefficient (Wildman–Crippen LogP) is 2.89. The molecule has 0 radical (unpaired) electrons. The molecule has 4 heteroatoms. The Morgan fingerprint density at radius 1 is 1.22 bits per heavy atom. The smallest absolute Gasteiger partial charge is 0.0940 e. The van der Waals surface area contributed by atoms with Crippen molar-refractivity contribution in [1.82, 2.24) is 4.98 Å². The van der Waals surface area contributed by atoms with Crippen LogP contribution in [0, 0.1) is 0 Å². The minimum atomic E-state index is -0.800. The van der Waals surface area contributed by atoms with Gasteiger partial charge in [0.2, 0.25) is 0 Å². The number of nitrogens with zero attached hydrogens (tertiary/aromatic N) is 1. The maximum atomic E-state index is 10.6. The highest BCUT2D eigenvalue weighted by Gasteiger charge is 2.31. The van der Waals surface area contributed by atoms with Gasteiger partial charge in [0.15, 0.2) is 0 Å². The molecule has 1 aliphatic rings. The van der Waals surface area contributed by atoms with E-state index < -0.39 is 5.60 Å². The predicted molar refractivity (Wildman–Crippen MR) is 70.7 cm³/mol. The van der Waals surface area contributed by atoms with Gasteiger partial charge in [0.25, 0.3) is 0 Å². The van der Waals surface area contributed by atoms with E-state index in [1.807, 2.05) is 18.2 Å². The highest BCUT2D eigenvalue weighted by molar-refractivity contribution is 6.35. The van der Waals surface area contributed by atoms with Gasteiger partial charge in [-0.2, -0.15) is 0 Å². The Balaban J connectivity index is 2.10. The fourth-order valence-electron chi connectivity index (χ4n) is 2.40. The number of aliphatic hydroxyl groups is 1. The van der Waals surface area contributed by atoms with E-state index in [0.717, 1.165) is 16.5 Å². The first-order valence-corrected chi connectivity index (χ1v) is 6.42. The third-order valence-corrected chi connectivity index (χ3v) is 3.88. The van der Waals surface area contributed by atoms with Crippen LogP contribution >= 0.6 is 11.6 Å². The lowest BCUT2D eigenvalue weighted by atomic mass is 9.86. The van der Waals surface area contributed by atoms with Gasteiger partial charge in [-0.05, 0) is 23.8 Å². The SMILES string of the molecule is OC1(c2ccc3nccc(Cl)c3c2)CCOCC1. The molecule has 1 aromatic heterocycles. The van der Waals surface area contributed by atoms with Crippen LogP contribution in [0.25, 0.3) is 10.9 Å². The first-order valence-electron chi connectivity index (χ1n) is 6.04. The summed E-state index contributed by atoms with van der Waals surface area (Å²) in [6.45, 7) is 1.19. The van der Waals surface area contributed by atoms with Crippen molar-refractivity contribution in [3.05, 3.63) is 41.0 Å². The van der Waals surface area contributed by atoms with Crippen molar-refractivity contribution < 1.29 is 9.84 Å². The zero-order chi connectivity index (χ0) is 12.6. The van der Waals surface area contributed by atoms with E-state index in [1.54, 1.807) is 12.3 Å². The van der Waals surface area contributed by atoms with Crippen molar-refractivity contribution >= 4 is 22.5 Å². The summed E-state index contributed by atoms with van der Waals surface area (Å²) in [5, 5.41) is 12.2. The molecule has 3 rings (SSSR count). The lowest BCUT2D eigenvalue weighted by Gasteiger charge is -2.32. The van der Waals surface area contributed by atoms with Crippen molar-refractivity contribution in [2.45, 2.75) is 18.4 Å². The second kappa shape index (κ2) is 4.50. The normalized spacial score (nSPS) is 19.0. The zero-order valence-corrected chi connectivity index (χ0v) is 10.7. The van der Waals surface area contributed by atoms with E-state index in [4.69, 9.17) is 16.3 Å². The molecule has 0 aliphatic carbocycles. The molecule has 0 spiro atoms. The fraction of sp³-hybridized carbons (Fsp3) is 0.357. The van der Waals surface area contributed by atoms with Crippen LogP contribution < -0.4 is 0 Å². The van der Waals surface area contributed by atoms with Crippen molar-refractivity contribution in [2.24, 2.45) is 0 Å². The summed E-state index contributed by atoms with van der Waals surface area (Å²) in [4.78, 5) is 4.26. The van der Waals surface area contributed by atoms with E-state index >= 15 is 0 Å². The molecule has 0 bridgehead atoms. The number of aromatic nitrogens is 1. The largest absolute Gasteiger partial charge is 0.385 e. The number of ether oxygens (including phenoxy) is 1. The molecule has 0 atom stereocenters. The van der Waals surface area contributed by atoms with Crippen LogP contribution in [0.4, 0.5) is 0 Å². The minimum absolute atomic E-state index is 0.593. The molecule has 1 aromatic carbocycles. The van der Waals surface area contributed by atoms with Crippen LogP contribution in [0.5, 0.6) is 0 Å². The molecule has 1 N–H and O–H groups in total.